The van der Waals surface area contributed by atoms with E-state index < -0.39 is 0 Å². The summed E-state index contributed by atoms with van der Waals surface area (Å²) in [6.45, 7) is 6.70. The van der Waals surface area contributed by atoms with Gasteiger partial charge < -0.3 is 9.42 Å². The molecule has 1 unspecified atom stereocenters. The van der Waals surface area contributed by atoms with Crippen LogP contribution in [0.5, 0.6) is 0 Å². The van der Waals surface area contributed by atoms with E-state index >= 15 is 0 Å². The van der Waals surface area contributed by atoms with Gasteiger partial charge in [0.1, 0.15) is 6.04 Å². The standard InChI is InChI=1S/C17H21N3O2/c1-11(2)16-18-17(22-19-16)14-7-8-15(21)20(14)10-13-6-4-5-12(3)9-13/h4-6,9,11,14H,7-8,10H2,1-3H3. The lowest BCUT2D eigenvalue weighted by atomic mass is 10.1. The van der Waals surface area contributed by atoms with Crippen molar-refractivity contribution in [2.45, 2.75) is 52.1 Å². The Balaban J connectivity index is 1.82. The van der Waals surface area contributed by atoms with Crippen LogP contribution in [0.4, 0.5) is 0 Å². The number of amides is 1. The maximum absolute atomic E-state index is 12.2. The van der Waals surface area contributed by atoms with Gasteiger partial charge in [0.2, 0.25) is 11.8 Å². The highest BCUT2D eigenvalue weighted by Crippen LogP contribution is 2.33. The normalized spacial score (nSPS) is 18.5. The van der Waals surface area contributed by atoms with Crippen molar-refractivity contribution in [3.8, 4) is 0 Å². The summed E-state index contributed by atoms with van der Waals surface area (Å²) in [5.41, 5.74) is 2.32. The van der Waals surface area contributed by atoms with Crippen molar-refractivity contribution in [2.24, 2.45) is 0 Å². The van der Waals surface area contributed by atoms with E-state index in [9.17, 15) is 4.79 Å². The van der Waals surface area contributed by atoms with E-state index in [-0.39, 0.29) is 17.9 Å². The van der Waals surface area contributed by atoms with E-state index in [1.807, 2.05) is 30.9 Å². The molecule has 1 fully saturated rings. The molecule has 22 heavy (non-hydrogen) atoms. The van der Waals surface area contributed by atoms with Crippen molar-refractivity contribution in [1.29, 1.82) is 0 Å². The van der Waals surface area contributed by atoms with E-state index in [0.29, 0.717) is 24.7 Å². The number of nitrogens with zero attached hydrogens (tertiary/aromatic N) is 3. The summed E-state index contributed by atoms with van der Waals surface area (Å²) in [4.78, 5) is 18.5. The van der Waals surface area contributed by atoms with E-state index in [0.717, 1.165) is 12.0 Å². The summed E-state index contributed by atoms with van der Waals surface area (Å²) in [5, 5.41) is 4.02. The SMILES string of the molecule is Cc1cccc(CN2C(=O)CCC2c2nc(C(C)C)no2)c1. The minimum atomic E-state index is -0.104. The third kappa shape index (κ3) is 2.89. The average Bonchev–Trinajstić information content (AvgIpc) is 3.07. The second-order valence-corrected chi connectivity index (χ2v) is 6.21. The Labute approximate surface area is 130 Å². The fourth-order valence-electron chi connectivity index (χ4n) is 2.81. The van der Waals surface area contributed by atoms with Crippen molar-refractivity contribution < 1.29 is 9.32 Å². The van der Waals surface area contributed by atoms with Crippen LogP contribution in [-0.2, 0) is 11.3 Å². The molecule has 116 valence electrons. The first-order valence-electron chi connectivity index (χ1n) is 7.73. The molecule has 5 heteroatoms. The third-order valence-electron chi connectivity index (χ3n) is 4.02. The maximum atomic E-state index is 12.2. The molecule has 1 atom stereocenters. The lowest BCUT2D eigenvalue weighted by Crippen LogP contribution is -2.27. The summed E-state index contributed by atoms with van der Waals surface area (Å²) < 4.78 is 5.39. The van der Waals surface area contributed by atoms with Gasteiger partial charge >= 0.3 is 0 Å². The number of carbonyl (C=O) groups is 1. The summed E-state index contributed by atoms with van der Waals surface area (Å²) in [7, 11) is 0. The molecule has 5 nitrogen and oxygen atoms in total. The van der Waals surface area contributed by atoms with Gasteiger partial charge in [-0.25, -0.2) is 0 Å². The topological polar surface area (TPSA) is 59.2 Å². The molecule has 1 aliphatic rings. The van der Waals surface area contributed by atoms with Crippen molar-refractivity contribution in [2.75, 3.05) is 0 Å². The van der Waals surface area contributed by atoms with Gasteiger partial charge in [0.25, 0.3) is 0 Å². The number of aromatic nitrogens is 2. The molecular weight excluding hydrogens is 278 g/mol. The van der Waals surface area contributed by atoms with Crippen LogP contribution in [0.25, 0.3) is 0 Å². The van der Waals surface area contributed by atoms with Gasteiger partial charge in [0.05, 0.1) is 0 Å². The van der Waals surface area contributed by atoms with Crippen molar-refractivity contribution in [3.05, 3.63) is 47.1 Å². The van der Waals surface area contributed by atoms with Crippen LogP contribution in [0, 0.1) is 6.92 Å². The molecule has 1 aromatic carbocycles. The second-order valence-electron chi connectivity index (χ2n) is 6.21. The number of carbonyl (C=O) groups excluding carboxylic acids is 1. The van der Waals surface area contributed by atoms with Gasteiger partial charge in [0.15, 0.2) is 5.82 Å². The predicted molar refractivity (Wildman–Crippen MR) is 82.1 cm³/mol. The minimum Gasteiger partial charge on any atom is -0.337 e. The fourth-order valence-corrected chi connectivity index (χ4v) is 2.81. The molecule has 0 saturated carbocycles. The number of aryl methyl sites for hydroxylation is 1. The molecule has 1 saturated heterocycles. The van der Waals surface area contributed by atoms with Gasteiger partial charge in [-0.05, 0) is 18.9 Å². The first-order valence-corrected chi connectivity index (χ1v) is 7.73. The Morgan fingerprint density at radius 3 is 2.91 bits per heavy atom. The predicted octanol–water partition coefficient (Wildman–Crippen LogP) is 3.37. The lowest BCUT2D eigenvalue weighted by molar-refractivity contribution is -0.129. The smallest absolute Gasteiger partial charge is 0.249 e. The van der Waals surface area contributed by atoms with E-state index in [2.05, 4.69) is 29.2 Å². The number of benzene rings is 1. The van der Waals surface area contributed by atoms with Crippen molar-refractivity contribution in [1.82, 2.24) is 15.0 Å². The second kappa shape index (κ2) is 5.91. The molecule has 0 aliphatic carbocycles. The summed E-state index contributed by atoms with van der Waals surface area (Å²) >= 11 is 0. The highest BCUT2D eigenvalue weighted by molar-refractivity contribution is 5.78. The van der Waals surface area contributed by atoms with Crippen LogP contribution in [-0.4, -0.2) is 20.9 Å². The molecule has 2 heterocycles. The van der Waals surface area contributed by atoms with Crippen LogP contribution < -0.4 is 0 Å². The van der Waals surface area contributed by atoms with E-state index in [1.54, 1.807) is 0 Å². The van der Waals surface area contributed by atoms with Crippen LogP contribution in [0.1, 0.15) is 61.5 Å². The first-order chi connectivity index (χ1) is 10.5. The van der Waals surface area contributed by atoms with Crippen molar-refractivity contribution >= 4 is 5.91 Å². The molecule has 0 radical (unpaired) electrons. The molecule has 1 aromatic heterocycles. The highest BCUT2D eigenvalue weighted by Gasteiger charge is 2.36. The van der Waals surface area contributed by atoms with Crippen LogP contribution in [0.2, 0.25) is 0 Å². The number of likely N-dealkylation sites (tertiary alicyclic amines) is 1. The molecular formula is C17H21N3O2. The van der Waals surface area contributed by atoms with Crippen molar-refractivity contribution in [3.63, 3.8) is 0 Å². The number of rotatable bonds is 4. The van der Waals surface area contributed by atoms with Crippen LogP contribution >= 0.6 is 0 Å². The monoisotopic (exact) mass is 299 g/mol. The van der Waals surface area contributed by atoms with Gasteiger partial charge in [-0.15, -0.1) is 0 Å². The summed E-state index contributed by atoms with van der Waals surface area (Å²) in [6.07, 6.45) is 1.28. The Kier molecular flexibility index (Phi) is 3.96. The largest absolute Gasteiger partial charge is 0.337 e. The molecule has 1 amide bonds. The first kappa shape index (κ1) is 14.8. The molecule has 2 aromatic rings. The Bertz CT molecular complexity index is 678. The number of hydrogen-bond donors (Lipinski definition) is 0. The van der Waals surface area contributed by atoms with E-state index in [4.69, 9.17) is 4.52 Å². The quantitative estimate of drug-likeness (QED) is 0.868. The van der Waals surface area contributed by atoms with Crippen LogP contribution in [0.15, 0.2) is 28.8 Å². The average molecular weight is 299 g/mol. The lowest BCUT2D eigenvalue weighted by Gasteiger charge is -2.22. The van der Waals surface area contributed by atoms with Gasteiger partial charge in [-0.3, -0.25) is 4.79 Å². The summed E-state index contributed by atoms with van der Waals surface area (Å²) in [6, 6.07) is 8.12. The Hall–Kier alpha value is -2.17. The van der Waals surface area contributed by atoms with E-state index in [1.165, 1.54) is 5.56 Å². The Morgan fingerprint density at radius 1 is 1.41 bits per heavy atom. The highest BCUT2D eigenvalue weighted by atomic mass is 16.5. The van der Waals surface area contributed by atoms with Gasteiger partial charge in [0, 0.05) is 18.9 Å². The third-order valence-corrected chi connectivity index (χ3v) is 4.02. The molecule has 0 N–H and O–H groups in total. The van der Waals surface area contributed by atoms with Crippen LogP contribution in [0.3, 0.4) is 0 Å². The summed E-state index contributed by atoms with van der Waals surface area (Å²) in [5.74, 6) is 1.63. The molecule has 3 rings (SSSR count). The molecule has 1 aliphatic heterocycles. The van der Waals surface area contributed by atoms with Gasteiger partial charge in [-0.2, -0.15) is 4.98 Å². The zero-order chi connectivity index (χ0) is 15.7. The Morgan fingerprint density at radius 2 is 2.23 bits per heavy atom. The molecule has 0 spiro atoms. The number of hydrogen-bond acceptors (Lipinski definition) is 4. The molecule has 0 bridgehead atoms. The maximum Gasteiger partial charge on any atom is 0.249 e. The zero-order valence-corrected chi connectivity index (χ0v) is 13.2. The fraction of sp³-hybridized carbons (Fsp3) is 0.471. The van der Waals surface area contributed by atoms with Gasteiger partial charge in [-0.1, -0.05) is 48.8 Å². The zero-order valence-electron chi connectivity index (χ0n) is 13.2. The minimum absolute atomic E-state index is 0.104.